The summed E-state index contributed by atoms with van der Waals surface area (Å²) >= 11 is 6.70. The van der Waals surface area contributed by atoms with Crippen LogP contribution in [0.4, 0.5) is 10.5 Å². The molecule has 176 valence electrons. The molecular weight excluding hydrogens is 464 g/mol. The molecule has 2 aliphatic rings. The molecule has 3 atom stereocenters. The Kier molecular flexibility index (Phi) is 5.29. The fourth-order valence-electron chi connectivity index (χ4n) is 5.62. The molecule has 6 rings (SSSR count). The first-order valence-electron chi connectivity index (χ1n) is 11.7. The van der Waals surface area contributed by atoms with Gasteiger partial charge in [-0.2, -0.15) is 0 Å². The Bertz CT molecular complexity index is 1460. The molecule has 3 amide bonds. The number of nitrogens with one attached hydrogen (secondary N) is 1. The van der Waals surface area contributed by atoms with Gasteiger partial charge in [-0.05, 0) is 49.3 Å². The summed E-state index contributed by atoms with van der Waals surface area (Å²) in [5.41, 5.74) is 4.21. The van der Waals surface area contributed by atoms with Crippen LogP contribution in [-0.2, 0) is 4.79 Å². The Labute approximate surface area is 207 Å². The smallest absolute Gasteiger partial charge is 0.329 e. The zero-order valence-electron chi connectivity index (χ0n) is 19.1. The van der Waals surface area contributed by atoms with Crippen molar-refractivity contribution in [2.45, 2.75) is 38.1 Å². The van der Waals surface area contributed by atoms with Crippen LogP contribution >= 0.6 is 11.6 Å². The lowest BCUT2D eigenvalue weighted by Gasteiger charge is -2.43. The van der Waals surface area contributed by atoms with Crippen LogP contribution in [0, 0.1) is 12.8 Å². The van der Waals surface area contributed by atoms with Gasteiger partial charge in [-0.15, -0.1) is 0 Å². The predicted octanol–water partition coefficient (Wildman–Crippen LogP) is 5.86. The average molecular weight is 487 g/mol. The number of halogens is 1. The largest absolute Gasteiger partial charge is 0.364 e. The average Bonchev–Trinajstić information content (AvgIpc) is 3.29. The Hall–Kier alpha value is -3.71. The summed E-state index contributed by atoms with van der Waals surface area (Å²) in [5, 5.41) is 9.51. The van der Waals surface area contributed by atoms with Gasteiger partial charge >= 0.3 is 6.03 Å². The molecule has 0 radical (unpaired) electrons. The molecule has 8 heteroatoms. The van der Waals surface area contributed by atoms with Crippen LogP contribution in [0.1, 0.15) is 36.4 Å². The van der Waals surface area contributed by atoms with Crippen molar-refractivity contribution in [3.63, 3.8) is 0 Å². The van der Waals surface area contributed by atoms with Gasteiger partial charge in [0.1, 0.15) is 6.26 Å². The minimum absolute atomic E-state index is 0.0909. The number of rotatable bonds is 3. The molecule has 3 heterocycles. The van der Waals surface area contributed by atoms with Crippen molar-refractivity contribution in [1.29, 1.82) is 0 Å². The summed E-state index contributed by atoms with van der Waals surface area (Å²) in [6.45, 7) is 1.90. The van der Waals surface area contributed by atoms with E-state index in [0.717, 1.165) is 39.6 Å². The molecule has 35 heavy (non-hydrogen) atoms. The summed E-state index contributed by atoms with van der Waals surface area (Å²) in [4.78, 5) is 32.4. The molecule has 2 fully saturated rings. The SMILES string of the molecule is Cc1nocc1-c1cccc(Cl)c1C1CCC2C(=O)N(c3cncc4ccccc34)C(=O)NC2C1. The number of anilines is 1. The number of fused-ring (bicyclic) bond motifs is 2. The van der Waals surface area contributed by atoms with Gasteiger partial charge < -0.3 is 9.84 Å². The van der Waals surface area contributed by atoms with Gasteiger partial charge in [0, 0.05) is 33.6 Å². The Morgan fingerprint density at radius 3 is 2.74 bits per heavy atom. The van der Waals surface area contributed by atoms with Crippen LogP contribution in [0.2, 0.25) is 5.02 Å². The van der Waals surface area contributed by atoms with E-state index < -0.39 is 6.03 Å². The summed E-state index contributed by atoms with van der Waals surface area (Å²) < 4.78 is 5.17. The van der Waals surface area contributed by atoms with Gasteiger partial charge in [0.25, 0.3) is 0 Å². The van der Waals surface area contributed by atoms with Crippen LogP contribution < -0.4 is 10.2 Å². The van der Waals surface area contributed by atoms with Crippen molar-refractivity contribution >= 4 is 40.0 Å². The standard InChI is InChI=1S/C27H23ClN4O3/c1-15-21(14-35-31-15)19-7-4-8-22(28)25(19)16-9-10-20-23(11-16)30-27(34)32(26(20)33)24-13-29-12-17-5-2-3-6-18(17)24/h2-8,12-14,16,20,23H,9-11H2,1H3,(H,30,34). The second kappa shape index (κ2) is 8.50. The van der Waals surface area contributed by atoms with E-state index in [-0.39, 0.29) is 23.8 Å². The van der Waals surface area contributed by atoms with E-state index >= 15 is 0 Å². The maximum absolute atomic E-state index is 13.6. The number of aromatic nitrogens is 2. The van der Waals surface area contributed by atoms with Crippen LogP contribution in [0.25, 0.3) is 21.9 Å². The van der Waals surface area contributed by atoms with E-state index in [4.69, 9.17) is 16.1 Å². The molecule has 1 aliphatic heterocycles. The number of carbonyl (C=O) groups is 2. The molecule has 1 aliphatic carbocycles. The topological polar surface area (TPSA) is 88.3 Å². The fourth-order valence-corrected chi connectivity index (χ4v) is 5.95. The normalized spacial score (nSPS) is 22.2. The van der Waals surface area contributed by atoms with Gasteiger partial charge in [0.05, 0.1) is 23.5 Å². The molecule has 0 bridgehead atoms. The fraction of sp³-hybridized carbons (Fsp3) is 0.259. The first-order valence-corrected chi connectivity index (χ1v) is 12.1. The van der Waals surface area contributed by atoms with Crippen LogP contribution in [0.15, 0.2) is 65.6 Å². The van der Waals surface area contributed by atoms with Gasteiger partial charge in [0.15, 0.2) is 0 Å². The predicted molar refractivity (Wildman–Crippen MR) is 133 cm³/mol. The number of aryl methyl sites for hydroxylation is 1. The number of amides is 3. The van der Waals surface area contributed by atoms with Crippen molar-refractivity contribution in [1.82, 2.24) is 15.5 Å². The first-order chi connectivity index (χ1) is 17.0. The van der Waals surface area contributed by atoms with E-state index in [9.17, 15) is 9.59 Å². The third-order valence-electron chi connectivity index (χ3n) is 7.29. The Morgan fingerprint density at radius 2 is 1.91 bits per heavy atom. The van der Waals surface area contributed by atoms with Gasteiger partial charge in [-0.1, -0.05) is 53.2 Å². The number of nitrogens with zero attached hydrogens (tertiary/aromatic N) is 3. The monoisotopic (exact) mass is 486 g/mol. The minimum atomic E-state index is -0.413. The van der Waals surface area contributed by atoms with Gasteiger partial charge in [-0.25, -0.2) is 9.69 Å². The highest BCUT2D eigenvalue weighted by atomic mass is 35.5. The molecule has 3 unspecified atom stereocenters. The van der Waals surface area contributed by atoms with Crippen molar-refractivity contribution < 1.29 is 14.1 Å². The van der Waals surface area contributed by atoms with Crippen molar-refractivity contribution in [2.24, 2.45) is 5.92 Å². The maximum Gasteiger partial charge on any atom is 0.329 e. The second-order valence-electron chi connectivity index (χ2n) is 9.24. The number of pyridine rings is 1. The van der Waals surface area contributed by atoms with Crippen LogP contribution in [0.3, 0.4) is 0 Å². The molecule has 1 saturated heterocycles. The minimum Gasteiger partial charge on any atom is -0.364 e. The molecule has 1 N–H and O–H groups in total. The van der Waals surface area contributed by atoms with Gasteiger partial charge in [0.2, 0.25) is 5.91 Å². The summed E-state index contributed by atoms with van der Waals surface area (Å²) in [6, 6.07) is 12.8. The lowest BCUT2D eigenvalue weighted by molar-refractivity contribution is -0.124. The third-order valence-corrected chi connectivity index (χ3v) is 7.62. The number of imide groups is 1. The van der Waals surface area contributed by atoms with E-state index in [0.29, 0.717) is 23.6 Å². The number of carbonyl (C=O) groups excluding carboxylic acids is 2. The molecule has 2 aromatic heterocycles. The third kappa shape index (κ3) is 3.58. The number of hydrogen-bond donors (Lipinski definition) is 1. The van der Waals surface area contributed by atoms with E-state index in [1.54, 1.807) is 18.7 Å². The lowest BCUT2D eigenvalue weighted by atomic mass is 9.72. The van der Waals surface area contributed by atoms with E-state index in [1.807, 2.05) is 49.4 Å². The maximum atomic E-state index is 13.6. The number of benzene rings is 2. The molecular formula is C27H23ClN4O3. The highest BCUT2D eigenvalue weighted by Crippen LogP contribution is 2.45. The van der Waals surface area contributed by atoms with Crippen LogP contribution in [0.5, 0.6) is 0 Å². The van der Waals surface area contributed by atoms with Crippen LogP contribution in [-0.4, -0.2) is 28.1 Å². The van der Waals surface area contributed by atoms with Crippen molar-refractivity contribution in [3.8, 4) is 11.1 Å². The molecule has 7 nitrogen and oxygen atoms in total. The molecule has 2 aromatic carbocycles. The summed E-state index contributed by atoms with van der Waals surface area (Å²) in [5.74, 6) is -0.385. The summed E-state index contributed by atoms with van der Waals surface area (Å²) in [6.07, 6.45) is 7.02. The molecule has 1 saturated carbocycles. The highest BCUT2D eigenvalue weighted by molar-refractivity contribution is 6.32. The number of hydrogen-bond acceptors (Lipinski definition) is 5. The molecule has 0 spiro atoms. The zero-order chi connectivity index (χ0) is 24.1. The lowest BCUT2D eigenvalue weighted by Crippen LogP contribution is -2.61. The van der Waals surface area contributed by atoms with Crippen molar-refractivity contribution in [3.05, 3.63) is 77.4 Å². The first kappa shape index (κ1) is 21.8. The van der Waals surface area contributed by atoms with Crippen molar-refractivity contribution in [2.75, 3.05) is 4.90 Å². The number of urea groups is 1. The highest BCUT2D eigenvalue weighted by Gasteiger charge is 2.46. The Morgan fingerprint density at radius 1 is 1.06 bits per heavy atom. The van der Waals surface area contributed by atoms with E-state index in [2.05, 4.69) is 15.5 Å². The van der Waals surface area contributed by atoms with Gasteiger partial charge in [-0.3, -0.25) is 9.78 Å². The zero-order valence-corrected chi connectivity index (χ0v) is 19.8. The summed E-state index contributed by atoms with van der Waals surface area (Å²) in [7, 11) is 0. The second-order valence-corrected chi connectivity index (χ2v) is 9.65. The molecule has 4 aromatic rings. The van der Waals surface area contributed by atoms with E-state index in [1.165, 1.54) is 4.90 Å². The quantitative estimate of drug-likeness (QED) is 0.392. The Balaban J connectivity index is 1.31.